The molecule has 0 aromatic heterocycles. The van der Waals surface area contributed by atoms with E-state index in [4.69, 9.17) is 16.7 Å². The zero-order chi connectivity index (χ0) is 16.6. The summed E-state index contributed by atoms with van der Waals surface area (Å²) in [5.74, 6) is -2.64. The molecule has 1 aliphatic heterocycles. The number of hydrogen-bond donors (Lipinski definition) is 2. The van der Waals surface area contributed by atoms with E-state index in [9.17, 15) is 14.4 Å². The van der Waals surface area contributed by atoms with Gasteiger partial charge in [0, 0.05) is 18.1 Å². The number of hydrogen-bond acceptors (Lipinski definition) is 3. The highest BCUT2D eigenvalue weighted by Gasteiger charge is 2.48. The molecule has 0 radical (unpaired) electrons. The number of amides is 2. The van der Waals surface area contributed by atoms with Crippen LogP contribution in [0.15, 0.2) is 18.2 Å². The van der Waals surface area contributed by atoms with Gasteiger partial charge in [0.1, 0.15) is 0 Å². The third kappa shape index (κ3) is 3.32. The van der Waals surface area contributed by atoms with Crippen LogP contribution < -0.4 is 5.32 Å². The Labute approximate surface area is 138 Å². The van der Waals surface area contributed by atoms with Crippen LogP contribution in [0.5, 0.6) is 0 Å². The fourth-order valence-electron chi connectivity index (χ4n) is 2.88. The fraction of sp³-hybridized carbons (Fsp3) is 0.438. The minimum absolute atomic E-state index is 0.161. The van der Waals surface area contributed by atoms with Crippen molar-refractivity contribution >= 4 is 35.1 Å². The van der Waals surface area contributed by atoms with E-state index in [0.717, 1.165) is 12.8 Å². The lowest BCUT2D eigenvalue weighted by Crippen LogP contribution is -2.29. The molecule has 0 spiro atoms. The molecule has 0 bridgehead atoms. The van der Waals surface area contributed by atoms with Crippen LogP contribution in [0.3, 0.4) is 0 Å². The van der Waals surface area contributed by atoms with Crippen LogP contribution in [0.1, 0.15) is 29.6 Å². The number of carbonyl (C=O) groups excluding carboxylic acids is 2. The molecular formula is C16H17ClN2O4. The number of nitrogens with one attached hydrogen (secondary N) is 1. The molecule has 1 saturated carbocycles. The van der Waals surface area contributed by atoms with E-state index < -0.39 is 17.8 Å². The first-order chi connectivity index (χ1) is 11.0. The second kappa shape index (κ2) is 6.20. The lowest BCUT2D eigenvalue weighted by molar-refractivity contribution is -0.139. The first-order valence-corrected chi connectivity index (χ1v) is 7.97. The standard InChI is InChI=1S/C16H17ClN2O4/c17-9-3-4-13(18-14(20)10-8-11(10)16(22)23)12(7-9)15(21)19-5-1-2-6-19/h3-4,7,10-11H,1-2,5-6,8H2,(H,18,20)(H,22,23). The highest BCUT2D eigenvalue weighted by atomic mass is 35.5. The predicted octanol–water partition coefficient (Wildman–Crippen LogP) is 2.24. The molecule has 6 nitrogen and oxygen atoms in total. The van der Waals surface area contributed by atoms with Gasteiger partial charge in [-0.3, -0.25) is 14.4 Å². The Morgan fingerprint density at radius 3 is 2.48 bits per heavy atom. The monoisotopic (exact) mass is 336 g/mol. The molecule has 122 valence electrons. The van der Waals surface area contributed by atoms with E-state index >= 15 is 0 Å². The minimum Gasteiger partial charge on any atom is -0.481 e. The second-order valence-electron chi connectivity index (χ2n) is 5.97. The maximum absolute atomic E-state index is 12.6. The van der Waals surface area contributed by atoms with Gasteiger partial charge < -0.3 is 15.3 Å². The maximum atomic E-state index is 12.6. The lowest BCUT2D eigenvalue weighted by atomic mass is 10.1. The van der Waals surface area contributed by atoms with Crippen LogP contribution >= 0.6 is 11.6 Å². The van der Waals surface area contributed by atoms with Crippen molar-refractivity contribution < 1.29 is 19.5 Å². The Bertz CT molecular complexity index is 670. The van der Waals surface area contributed by atoms with E-state index in [-0.39, 0.29) is 11.8 Å². The largest absolute Gasteiger partial charge is 0.481 e. The summed E-state index contributed by atoms with van der Waals surface area (Å²) in [5, 5.41) is 12.0. The van der Waals surface area contributed by atoms with Gasteiger partial charge in [0.05, 0.1) is 23.1 Å². The SMILES string of the molecule is O=C(O)C1CC1C(=O)Nc1ccc(Cl)cc1C(=O)N1CCCC1. The number of carboxylic acid groups (broad SMARTS) is 1. The smallest absolute Gasteiger partial charge is 0.307 e. The molecule has 2 N–H and O–H groups in total. The normalized spacial score (nSPS) is 22.7. The number of halogens is 1. The molecule has 1 aromatic carbocycles. The van der Waals surface area contributed by atoms with Gasteiger partial charge in [0.15, 0.2) is 0 Å². The van der Waals surface area contributed by atoms with Gasteiger partial charge in [-0.2, -0.15) is 0 Å². The zero-order valence-electron chi connectivity index (χ0n) is 12.4. The third-order valence-electron chi connectivity index (χ3n) is 4.31. The highest BCUT2D eigenvalue weighted by Crippen LogP contribution is 2.39. The van der Waals surface area contributed by atoms with Gasteiger partial charge in [-0.25, -0.2) is 0 Å². The molecule has 1 aromatic rings. The summed E-state index contributed by atoms with van der Waals surface area (Å²) in [6.45, 7) is 1.39. The Hall–Kier alpha value is -2.08. The average Bonchev–Trinajstić information content (AvgIpc) is 3.15. The number of likely N-dealkylation sites (tertiary alicyclic amines) is 1. The third-order valence-corrected chi connectivity index (χ3v) is 4.54. The van der Waals surface area contributed by atoms with Crippen LogP contribution in [0.25, 0.3) is 0 Å². The number of aliphatic carboxylic acids is 1. The summed E-state index contributed by atoms with van der Waals surface area (Å²) in [5.41, 5.74) is 0.729. The summed E-state index contributed by atoms with van der Waals surface area (Å²) in [6, 6.07) is 4.72. The van der Waals surface area contributed by atoms with E-state index in [1.807, 2.05) is 0 Å². The number of carboxylic acids is 1. The molecule has 2 atom stereocenters. The van der Waals surface area contributed by atoms with E-state index in [2.05, 4.69) is 5.32 Å². The first kappa shape index (κ1) is 15.8. The van der Waals surface area contributed by atoms with Gasteiger partial charge in [0.25, 0.3) is 5.91 Å². The fourth-order valence-corrected chi connectivity index (χ4v) is 3.05. The minimum atomic E-state index is -0.963. The molecule has 1 aliphatic carbocycles. The number of carbonyl (C=O) groups is 3. The zero-order valence-corrected chi connectivity index (χ0v) is 13.2. The molecule has 2 amide bonds. The van der Waals surface area contributed by atoms with Crippen molar-refractivity contribution in [3.63, 3.8) is 0 Å². The van der Waals surface area contributed by atoms with Crippen LogP contribution in [-0.4, -0.2) is 40.9 Å². The summed E-state index contributed by atoms with van der Waals surface area (Å²) in [4.78, 5) is 37.3. The number of benzene rings is 1. The highest BCUT2D eigenvalue weighted by molar-refractivity contribution is 6.31. The maximum Gasteiger partial charge on any atom is 0.307 e. The molecule has 23 heavy (non-hydrogen) atoms. The topological polar surface area (TPSA) is 86.7 Å². The van der Waals surface area contributed by atoms with Gasteiger partial charge in [-0.1, -0.05) is 11.6 Å². The summed E-state index contributed by atoms with van der Waals surface area (Å²) in [7, 11) is 0. The van der Waals surface area contributed by atoms with Crippen molar-refractivity contribution in [2.24, 2.45) is 11.8 Å². The Morgan fingerprint density at radius 2 is 1.87 bits per heavy atom. The van der Waals surface area contributed by atoms with E-state index in [1.54, 1.807) is 23.1 Å². The molecule has 1 saturated heterocycles. The average molecular weight is 337 g/mol. The Kier molecular flexibility index (Phi) is 4.26. The van der Waals surface area contributed by atoms with Crippen molar-refractivity contribution in [1.29, 1.82) is 0 Å². The number of nitrogens with zero attached hydrogens (tertiary/aromatic N) is 1. The second-order valence-corrected chi connectivity index (χ2v) is 6.40. The van der Waals surface area contributed by atoms with Crippen molar-refractivity contribution in [3.8, 4) is 0 Å². The van der Waals surface area contributed by atoms with Crippen LogP contribution in [0.2, 0.25) is 5.02 Å². The van der Waals surface area contributed by atoms with Crippen molar-refractivity contribution in [3.05, 3.63) is 28.8 Å². The molecule has 2 fully saturated rings. The van der Waals surface area contributed by atoms with Crippen molar-refractivity contribution in [2.75, 3.05) is 18.4 Å². The molecule has 7 heteroatoms. The van der Waals surface area contributed by atoms with Gasteiger partial charge >= 0.3 is 5.97 Å². The molecule has 3 rings (SSSR count). The molecule has 2 unspecified atom stereocenters. The summed E-state index contributed by atoms with van der Waals surface area (Å²) >= 11 is 5.98. The predicted molar refractivity (Wildman–Crippen MR) is 84.5 cm³/mol. The van der Waals surface area contributed by atoms with E-state index in [0.29, 0.717) is 35.8 Å². The number of anilines is 1. The van der Waals surface area contributed by atoms with Crippen LogP contribution in [0, 0.1) is 11.8 Å². The lowest BCUT2D eigenvalue weighted by Gasteiger charge is -2.18. The number of rotatable bonds is 4. The summed E-state index contributed by atoms with van der Waals surface area (Å²) < 4.78 is 0. The van der Waals surface area contributed by atoms with Gasteiger partial charge in [-0.05, 0) is 37.5 Å². The van der Waals surface area contributed by atoms with Gasteiger partial charge in [0.2, 0.25) is 5.91 Å². The van der Waals surface area contributed by atoms with Gasteiger partial charge in [-0.15, -0.1) is 0 Å². The quantitative estimate of drug-likeness (QED) is 0.882. The van der Waals surface area contributed by atoms with E-state index in [1.165, 1.54) is 0 Å². The molecular weight excluding hydrogens is 320 g/mol. The van der Waals surface area contributed by atoms with Crippen LogP contribution in [-0.2, 0) is 9.59 Å². The van der Waals surface area contributed by atoms with Crippen molar-refractivity contribution in [2.45, 2.75) is 19.3 Å². The first-order valence-electron chi connectivity index (χ1n) is 7.60. The Morgan fingerprint density at radius 1 is 1.17 bits per heavy atom. The van der Waals surface area contributed by atoms with Crippen LogP contribution in [0.4, 0.5) is 5.69 Å². The molecule has 1 heterocycles. The summed E-state index contributed by atoms with van der Waals surface area (Å²) in [6.07, 6.45) is 2.27. The molecule has 2 aliphatic rings. The van der Waals surface area contributed by atoms with Crippen molar-refractivity contribution in [1.82, 2.24) is 4.90 Å². The Balaban J connectivity index is 1.78.